The van der Waals surface area contributed by atoms with Crippen molar-refractivity contribution >= 4 is 16.9 Å². The highest BCUT2D eigenvalue weighted by Crippen LogP contribution is 2.33. The van der Waals surface area contributed by atoms with E-state index in [9.17, 15) is 4.79 Å². The second-order valence-electron chi connectivity index (χ2n) is 7.33. The van der Waals surface area contributed by atoms with Gasteiger partial charge in [-0.25, -0.2) is 14.6 Å². The number of primary amides is 1. The van der Waals surface area contributed by atoms with Crippen molar-refractivity contribution in [1.82, 2.24) is 24.3 Å². The molecule has 5 rings (SSSR count). The van der Waals surface area contributed by atoms with Gasteiger partial charge in [0.25, 0.3) is 0 Å². The second-order valence-corrected chi connectivity index (χ2v) is 7.33. The van der Waals surface area contributed by atoms with Gasteiger partial charge in [0.1, 0.15) is 0 Å². The largest absolute Gasteiger partial charge is 0.369 e. The third-order valence-corrected chi connectivity index (χ3v) is 5.37. The number of aryl methyl sites for hydroxylation is 1. The number of imidazole rings is 1. The van der Waals surface area contributed by atoms with Crippen LogP contribution in [-0.4, -0.2) is 30.2 Å². The lowest BCUT2D eigenvalue weighted by Crippen LogP contribution is -2.16. The summed E-state index contributed by atoms with van der Waals surface area (Å²) in [5.41, 5.74) is 11.0. The Morgan fingerprint density at radius 2 is 1.93 bits per heavy atom. The van der Waals surface area contributed by atoms with Gasteiger partial charge in [-0.1, -0.05) is 24.3 Å². The Balaban J connectivity index is 1.59. The maximum absolute atomic E-state index is 11.4. The van der Waals surface area contributed by atoms with Crippen LogP contribution in [0.4, 0.5) is 0 Å². The summed E-state index contributed by atoms with van der Waals surface area (Å²) in [5, 5.41) is 4.66. The molecule has 0 saturated carbocycles. The lowest BCUT2D eigenvalue weighted by Gasteiger charge is -2.13. The molecule has 0 aliphatic heterocycles. The summed E-state index contributed by atoms with van der Waals surface area (Å²) in [4.78, 5) is 20.5. The summed E-state index contributed by atoms with van der Waals surface area (Å²) in [5.74, 6) is 0.778. The Bertz CT molecular complexity index is 1180. The first-order chi connectivity index (χ1) is 13.6. The summed E-state index contributed by atoms with van der Waals surface area (Å²) >= 11 is 0. The van der Waals surface area contributed by atoms with Crippen molar-refractivity contribution < 1.29 is 4.79 Å². The van der Waals surface area contributed by atoms with Crippen molar-refractivity contribution in [3.05, 3.63) is 65.7 Å². The third kappa shape index (κ3) is 2.76. The Kier molecular flexibility index (Phi) is 3.75. The topological polar surface area (TPSA) is 91.6 Å². The molecule has 4 aromatic rings. The summed E-state index contributed by atoms with van der Waals surface area (Å²) < 4.78 is 3.94. The fourth-order valence-corrected chi connectivity index (χ4v) is 4.03. The van der Waals surface area contributed by atoms with Crippen molar-refractivity contribution in [3.8, 4) is 11.4 Å². The molecule has 2 N–H and O–H groups in total. The lowest BCUT2D eigenvalue weighted by atomic mass is 10.1. The second kappa shape index (κ2) is 6.30. The van der Waals surface area contributed by atoms with E-state index in [1.54, 1.807) is 6.33 Å². The van der Waals surface area contributed by atoms with E-state index in [-0.39, 0.29) is 12.5 Å². The highest BCUT2D eigenvalue weighted by atomic mass is 16.1. The third-order valence-electron chi connectivity index (χ3n) is 5.37. The van der Waals surface area contributed by atoms with Gasteiger partial charge in [-0.2, -0.15) is 5.10 Å². The molecule has 2 heterocycles. The number of nitrogens with zero attached hydrogens (tertiary/aromatic N) is 5. The number of hydrogen-bond donors (Lipinski definition) is 1. The van der Waals surface area contributed by atoms with Crippen molar-refractivity contribution in [2.24, 2.45) is 12.8 Å². The zero-order chi connectivity index (χ0) is 19.3. The van der Waals surface area contributed by atoms with Gasteiger partial charge < -0.3 is 10.3 Å². The van der Waals surface area contributed by atoms with Crippen molar-refractivity contribution in [2.45, 2.75) is 25.3 Å². The maximum Gasteiger partial charge on any atom is 0.225 e. The quantitative estimate of drug-likeness (QED) is 0.594. The number of amides is 1. The number of aromatic nitrogens is 5. The van der Waals surface area contributed by atoms with Gasteiger partial charge in [0, 0.05) is 12.6 Å². The molecule has 0 saturated heterocycles. The van der Waals surface area contributed by atoms with E-state index in [4.69, 9.17) is 5.73 Å². The van der Waals surface area contributed by atoms with Crippen molar-refractivity contribution in [2.75, 3.05) is 0 Å². The van der Waals surface area contributed by atoms with Crippen molar-refractivity contribution in [1.29, 1.82) is 0 Å². The van der Waals surface area contributed by atoms with Crippen LogP contribution >= 0.6 is 0 Å². The minimum atomic E-state index is -0.432. The fraction of sp³-hybridized carbons (Fsp3) is 0.238. The summed E-state index contributed by atoms with van der Waals surface area (Å²) in [6, 6.07) is 14.7. The van der Waals surface area contributed by atoms with Crippen LogP contribution in [0.25, 0.3) is 22.4 Å². The van der Waals surface area contributed by atoms with E-state index >= 15 is 0 Å². The molecule has 2 aromatic heterocycles. The Morgan fingerprint density at radius 3 is 2.64 bits per heavy atom. The molecule has 1 amide bonds. The molecule has 0 radical (unpaired) electrons. The predicted molar refractivity (Wildman–Crippen MR) is 106 cm³/mol. The van der Waals surface area contributed by atoms with Crippen LogP contribution in [0.15, 0.2) is 48.8 Å². The molecule has 7 heteroatoms. The Morgan fingerprint density at radius 1 is 1.18 bits per heavy atom. The number of rotatable bonds is 4. The van der Waals surface area contributed by atoms with Crippen LogP contribution in [0.2, 0.25) is 0 Å². The SMILES string of the molecule is Cn1cnc2cc(-c3nc(CC(N)=O)nn3C3Cc4ccccc4C3)ccc21. The molecule has 0 atom stereocenters. The molecule has 1 aliphatic rings. The first-order valence-corrected chi connectivity index (χ1v) is 9.30. The van der Waals surface area contributed by atoms with Crippen LogP contribution in [0.1, 0.15) is 23.0 Å². The molecule has 7 nitrogen and oxygen atoms in total. The lowest BCUT2D eigenvalue weighted by molar-refractivity contribution is -0.117. The zero-order valence-electron chi connectivity index (χ0n) is 15.5. The number of hydrogen-bond acceptors (Lipinski definition) is 4. The molecule has 0 unspecified atom stereocenters. The zero-order valence-corrected chi connectivity index (χ0v) is 15.5. The molecule has 0 fully saturated rings. The molecule has 1 aliphatic carbocycles. The van der Waals surface area contributed by atoms with E-state index in [2.05, 4.69) is 39.3 Å². The Labute approximate surface area is 161 Å². The standard InChI is InChI=1S/C21H20N6O/c1-26-12-23-17-10-15(6-7-18(17)26)21-24-20(11-19(22)28)25-27(21)16-8-13-4-2-3-5-14(13)9-16/h2-7,10,12,16H,8-9,11H2,1H3,(H2,22,28). The van der Waals surface area contributed by atoms with E-state index in [0.717, 1.165) is 35.3 Å². The van der Waals surface area contributed by atoms with Gasteiger partial charge in [0.15, 0.2) is 11.6 Å². The number of carbonyl (C=O) groups is 1. The molecule has 0 spiro atoms. The van der Waals surface area contributed by atoms with E-state index in [1.165, 1.54) is 11.1 Å². The minimum Gasteiger partial charge on any atom is -0.369 e. The summed E-state index contributed by atoms with van der Waals surface area (Å²) in [6.45, 7) is 0. The van der Waals surface area contributed by atoms with Crippen LogP contribution in [-0.2, 0) is 31.1 Å². The van der Waals surface area contributed by atoms with Gasteiger partial charge in [0.2, 0.25) is 5.91 Å². The van der Waals surface area contributed by atoms with Crippen LogP contribution < -0.4 is 5.73 Å². The number of nitrogens with two attached hydrogens (primary N) is 1. The van der Waals surface area contributed by atoms with E-state index < -0.39 is 5.91 Å². The normalized spacial score (nSPS) is 13.9. The first kappa shape index (κ1) is 16.7. The fourth-order valence-electron chi connectivity index (χ4n) is 4.03. The van der Waals surface area contributed by atoms with Crippen LogP contribution in [0.5, 0.6) is 0 Å². The van der Waals surface area contributed by atoms with E-state index in [1.807, 2.05) is 34.5 Å². The monoisotopic (exact) mass is 372 g/mol. The van der Waals surface area contributed by atoms with Crippen LogP contribution in [0.3, 0.4) is 0 Å². The minimum absolute atomic E-state index is 0.0332. The highest BCUT2D eigenvalue weighted by Gasteiger charge is 2.27. The van der Waals surface area contributed by atoms with Gasteiger partial charge >= 0.3 is 0 Å². The molecular formula is C21H20N6O. The van der Waals surface area contributed by atoms with Gasteiger partial charge in [-0.15, -0.1) is 0 Å². The average Bonchev–Trinajstić information content (AvgIpc) is 3.37. The molecule has 0 bridgehead atoms. The molecule has 28 heavy (non-hydrogen) atoms. The maximum atomic E-state index is 11.4. The smallest absolute Gasteiger partial charge is 0.225 e. The van der Waals surface area contributed by atoms with Gasteiger partial charge in [-0.3, -0.25) is 4.79 Å². The molecular weight excluding hydrogens is 352 g/mol. The van der Waals surface area contributed by atoms with Gasteiger partial charge in [-0.05, 0) is 42.2 Å². The highest BCUT2D eigenvalue weighted by molar-refractivity contribution is 5.81. The average molecular weight is 372 g/mol. The van der Waals surface area contributed by atoms with Gasteiger partial charge in [0.05, 0.1) is 29.8 Å². The molecule has 140 valence electrons. The summed E-state index contributed by atoms with van der Waals surface area (Å²) in [7, 11) is 1.97. The summed E-state index contributed by atoms with van der Waals surface area (Å²) in [6.07, 6.45) is 3.62. The number of carbonyl (C=O) groups excluding carboxylic acids is 1. The number of fused-ring (bicyclic) bond motifs is 2. The number of benzene rings is 2. The molecule has 2 aromatic carbocycles. The first-order valence-electron chi connectivity index (χ1n) is 9.30. The predicted octanol–water partition coefficient (Wildman–Crippen LogP) is 2.20. The van der Waals surface area contributed by atoms with E-state index in [0.29, 0.717) is 5.82 Å². The van der Waals surface area contributed by atoms with Crippen molar-refractivity contribution in [3.63, 3.8) is 0 Å². The van der Waals surface area contributed by atoms with Crippen LogP contribution in [0, 0.1) is 0 Å². The Hall–Kier alpha value is -3.48.